The van der Waals surface area contributed by atoms with Gasteiger partial charge in [-0.1, -0.05) is 6.92 Å². The first-order chi connectivity index (χ1) is 13.8. The van der Waals surface area contributed by atoms with E-state index in [9.17, 15) is 14.4 Å². The Labute approximate surface area is 169 Å². The Balaban J connectivity index is 1.70. The minimum atomic E-state index is -0.281. The number of aryl methyl sites for hydroxylation is 1. The van der Waals surface area contributed by atoms with Gasteiger partial charge in [0.25, 0.3) is 11.5 Å². The number of rotatable bonds is 3. The Morgan fingerprint density at radius 1 is 1.24 bits per heavy atom. The number of likely N-dealkylation sites (tertiary alicyclic amines) is 1. The molecule has 0 saturated carbocycles. The number of nitrogens with zero attached hydrogens (tertiary/aromatic N) is 3. The normalized spacial score (nSPS) is 20.7. The fourth-order valence-electron chi connectivity index (χ4n) is 4.72. The van der Waals surface area contributed by atoms with Crippen LogP contribution in [-0.4, -0.2) is 52.9 Å². The van der Waals surface area contributed by atoms with Crippen LogP contribution in [-0.2, 0) is 18.3 Å². The molecule has 0 aromatic carbocycles. The number of anilines is 1. The number of amides is 1. The third-order valence-corrected chi connectivity index (χ3v) is 6.23. The van der Waals surface area contributed by atoms with Crippen LogP contribution in [0.4, 0.5) is 5.95 Å². The summed E-state index contributed by atoms with van der Waals surface area (Å²) in [4.78, 5) is 51.6. The van der Waals surface area contributed by atoms with Crippen molar-refractivity contribution in [3.8, 4) is 0 Å². The molecule has 1 atom stereocenters. The lowest BCUT2D eigenvalue weighted by Gasteiger charge is -2.40. The van der Waals surface area contributed by atoms with Crippen molar-refractivity contribution in [3.63, 3.8) is 0 Å². The predicted molar refractivity (Wildman–Crippen MR) is 111 cm³/mol. The van der Waals surface area contributed by atoms with Crippen molar-refractivity contribution in [2.75, 3.05) is 32.1 Å². The summed E-state index contributed by atoms with van der Waals surface area (Å²) in [5.41, 5.74) is 2.26. The van der Waals surface area contributed by atoms with Crippen molar-refractivity contribution < 1.29 is 4.79 Å². The summed E-state index contributed by atoms with van der Waals surface area (Å²) >= 11 is 0. The molecule has 1 saturated heterocycles. The van der Waals surface area contributed by atoms with Gasteiger partial charge >= 0.3 is 0 Å². The highest BCUT2D eigenvalue weighted by Crippen LogP contribution is 2.43. The summed E-state index contributed by atoms with van der Waals surface area (Å²) in [7, 11) is 3.71. The first-order valence-corrected chi connectivity index (χ1v) is 10.2. The van der Waals surface area contributed by atoms with Gasteiger partial charge in [0, 0.05) is 49.9 Å². The van der Waals surface area contributed by atoms with Crippen LogP contribution in [0.2, 0.25) is 0 Å². The van der Waals surface area contributed by atoms with E-state index in [1.165, 1.54) is 6.07 Å². The standard InChI is InChI=1S/C21H27N5O3/c1-4-15-13(6-7-16(27)22-15)19(29)26-11-5-9-21(12-26)10-8-14-17(21)23-20(25(2)3)24-18(14)28/h6-7H,4-5,8-12H2,1-3H3,(H,22,27)(H,23,24,28). The Morgan fingerprint density at radius 3 is 2.76 bits per heavy atom. The molecule has 154 valence electrons. The molecule has 0 radical (unpaired) electrons. The van der Waals surface area contributed by atoms with E-state index >= 15 is 0 Å². The van der Waals surface area contributed by atoms with Crippen molar-refractivity contribution in [1.82, 2.24) is 19.9 Å². The van der Waals surface area contributed by atoms with Gasteiger partial charge in [-0.15, -0.1) is 0 Å². The van der Waals surface area contributed by atoms with Crippen molar-refractivity contribution in [2.45, 2.75) is 44.4 Å². The maximum absolute atomic E-state index is 13.3. The van der Waals surface area contributed by atoms with Gasteiger partial charge < -0.3 is 14.8 Å². The lowest BCUT2D eigenvalue weighted by atomic mass is 9.77. The van der Waals surface area contributed by atoms with Gasteiger partial charge in [-0.2, -0.15) is 0 Å². The molecular formula is C21H27N5O3. The molecule has 1 amide bonds. The fourth-order valence-corrected chi connectivity index (χ4v) is 4.72. The van der Waals surface area contributed by atoms with E-state index in [0.29, 0.717) is 43.1 Å². The number of pyridine rings is 1. The Morgan fingerprint density at radius 2 is 2.03 bits per heavy atom. The summed E-state index contributed by atoms with van der Waals surface area (Å²) in [5, 5.41) is 0. The molecule has 2 N–H and O–H groups in total. The smallest absolute Gasteiger partial charge is 0.255 e. The molecule has 8 nitrogen and oxygen atoms in total. The number of fused-ring (bicyclic) bond motifs is 2. The van der Waals surface area contributed by atoms with E-state index in [1.54, 1.807) is 11.0 Å². The number of piperidine rings is 1. The highest BCUT2D eigenvalue weighted by Gasteiger charge is 2.46. The van der Waals surface area contributed by atoms with Gasteiger partial charge in [0.15, 0.2) is 0 Å². The van der Waals surface area contributed by atoms with Crippen molar-refractivity contribution in [1.29, 1.82) is 0 Å². The zero-order chi connectivity index (χ0) is 20.8. The lowest BCUT2D eigenvalue weighted by molar-refractivity contribution is 0.0632. The molecule has 8 heteroatoms. The summed E-state index contributed by atoms with van der Waals surface area (Å²) in [6.45, 7) is 3.14. The van der Waals surface area contributed by atoms with E-state index in [0.717, 1.165) is 30.5 Å². The van der Waals surface area contributed by atoms with E-state index in [4.69, 9.17) is 4.98 Å². The average Bonchev–Trinajstić information content (AvgIpc) is 3.05. The van der Waals surface area contributed by atoms with Gasteiger partial charge in [-0.25, -0.2) is 4.98 Å². The second-order valence-corrected chi connectivity index (χ2v) is 8.29. The number of aromatic amines is 2. The topological polar surface area (TPSA) is 102 Å². The molecule has 2 aromatic rings. The second-order valence-electron chi connectivity index (χ2n) is 8.29. The molecule has 2 aliphatic rings. The number of carbonyl (C=O) groups is 1. The molecule has 1 unspecified atom stereocenters. The van der Waals surface area contributed by atoms with E-state index in [1.807, 2.05) is 25.9 Å². The van der Waals surface area contributed by atoms with Crippen LogP contribution in [0, 0.1) is 0 Å². The van der Waals surface area contributed by atoms with Crippen molar-refractivity contribution in [3.05, 3.63) is 55.4 Å². The monoisotopic (exact) mass is 397 g/mol. The quantitative estimate of drug-likeness (QED) is 0.810. The molecule has 29 heavy (non-hydrogen) atoms. The van der Waals surface area contributed by atoms with Crippen LogP contribution in [0.5, 0.6) is 0 Å². The Kier molecular flexibility index (Phi) is 4.80. The lowest BCUT2D eigenvalue weighted by Crippen LogP contribution is -2.48. The summed E-state index contributed by atoms with van der Waals surface area (Å²) in [6.07, 6.45) is 3.88. The van der Waals surface area contributed by atoms with E-state index in [2.05, 4.69) is 9.97 Å². The molecule has 1 aliphatic heterocycles. The summed E-state index contributed by atoms with van der Waals surface area (Å²) < 4.78 is 0. The number of nitrogens with one attached hydrogen (secondary N) is 2. The highest BCUT2D eigenvalue weighted by atomic mass is 16.2. The van der Waals surface area contributed by atoms with Crippen molar-refractivity contribution >= 4 is 11.9 Å². The largest absolute Gasteiger partial charge is 0.348 e. The van der Waals surface area contributed by atoms with Crippen LogP contribution in [0.3, 0.4) is 0 Å². The number of H-pyrrole nitrogens is 2. The number of carbonyl (C=O) groups excluding carboxylic acids is 1. The molecule has 4 rings (SSSR count). The van der Waals surface area contributed by atoms with Crippen molar-refractivity contribution in [2.24, 2.45) is 0 Å². The first kappa shape index (κ1) is 19.4. The minimum absolute atomic E-state index is 0.0664. The average molecular weight is 397 g/mol. The number of hydrogen-bond acceptors (Lipinski definition) is 5. The number of hydrogen-bond donors (Lipinski definition) is 2. The van der Waals surface area contributed by atoms with Crippen LogP contribution in [0.1, 0.15) is 53.5 Å². The van der Waals surface area contributed by atoms with Gasteiger partial charge in [-0.05, 0) is 38.2 Å². The van der Waals surface area contributed by atoms with Crippen LogP contribution in [0.25, 0.3) is 0 Å². The zero-order valence-corrected chi connectivity index (χ0v) is 17.2. The fraction of sp³-hybridized carbons (Fsp3) is 0.524. The summed E-state index contributed by atoms with van der Waals surface area (Å²) in [5.74, 6) is 0.482. The molecule has 1 spiro atoms. The maximum Gasteiger partial charge on any atom is 0.255 e. The Bertz CT molecular complexity index is 1070. The molecular weight excluding hydrogens is 370 g/mol. The van der Waals surface area contributed by atoms with Gasteiger partial charge in [0.2, 0.25) is 11.5 Å². The molecule has 0 bridgehead atoms. The maximum atomic E-state index is 13.3. The second kappa shape index (κ2) is 7.17. The first-order valence-electron chi connectivity index (χ1n) is 10.2. The van der Waals surface area contributed by atoms with Gasteiger partial charge in [0.05, 0.1) is 11.3 Å². The molecule has 1 fully saturated rings. The van der Waals surface area contributed by atoms with E-state index < -0.39 is 0 Å². The van der Waals surface area contributed by atoms with Gasteiger partial charge in [0.1, 0.15) is 0 Å². The summed E-state index contributed by atoms with van der Waals surface area (Å²) in [6, 6.07) is 3.03. The SMILES string of the molecule is CCc1[nH]c(=O)ccc1C(=O)N1CCCC2(CCc3c2nc(N(C)C)[nH]c3=O)C1. The van der Waals surface area contributed by atoms with Gasteiger partial charge in [-0.3, -0.25) is 19.4 Å². The molecule has 2 aromatic heterocycles. The predicted octanol–water partition coefficient (Wildman–Crippen LogP) is 1.21. The number of aromatic nitrogens is 3. The Hall–Kier alpha value is -2.90. The minimum Gasteiger partial charge on any atom is -0.348 e. The van der Waals surface area contributed by atoms with E-state index in [-0.39, 0.29) is 22.4 Å². The molecule has 1 aliphatic carbocycles. The van der Waals surface area contributed by atoms with Crippen LogP contribution >= 0.6 is 0 Å². The van der Waals surface area contributed by atoms with Crippen LogP contribution in [0.15, 0.2) is 21.7 Å². The highest BCUT2D eigenvalue weighted by molar-refractivity contribution is 5.95. The van der Waals surface area contributed by atoms with Crippen LogP contribution < -0.4 is 16.0 Å². The third kappa shape index (κ3) is 3.26. The third-order valence-electron chi connectivity index (χ3n) is 6.23. The molecule has 3 heterocycles. The zero-order valence-electron chi connectivity index (χ0n) is 17.2.